The van der Waals surface area contributed by atoms with Gasteiger partial charge in [-0.05, 0) is 13.8 Å². The van der Waals surface area contributed by atoms with Gasteiger partial charge in [0.15, 0.2) is 0 Å². The van der Waals surface area contributed by atoms with Crippen molar-refractivity contribution in [1.82, 2.24) is 25.0 Å². The minimum Gasteiger partial charge on any atom is -0.336 e. The van der Waals surface area contributed by atoms with E-state index in [4.69, 9.17) is 0 Å². The van der Waals surface area contributed by atoms with E-state index in [0.717, 1.165) is 13.1 Å². The number of rotatable bonds is 2. The lowest BCUT2D eigenvalue weighted by atomic mass is 10.1. The molecule has 2 heterocycles. The van der Waals surface area contributed by atoms with E-state index in [2.05, 4.69) is 29.2 Å². The number of aromatic nitrogens is 3. The fourth-order valence-corrected chi connectivity index (χ4v) is 1.91. The summed E-state index contributed by atoms with van der Waals surface area (Å²) in [7, 11) is 0. The Kier molecular flexibility index (Phi) is 3.19. The van der Waals surface area contributed by atoms with Crippen molar-refractivity contribution in [3.8, 4) is 0 Å². The van der Waals surface area contributed by atoms with Crippen LogP contribution in [0, 0.1) is 0 Å². The molecule has 0 aliphatic carbocycles. The van der Waals surface area contributed by atoms with E-state index >= 15 is 0 Å². The Balaban J connectivity index is 1.97. The molecule has 1 fully saturated rings. The van der Waals surface area contributed by atoms with Gasteiger partial charge in [-0.1, -0.05) is 0 Å². The number of amides is 1. The maximum Gasteiger partial charge on any atom is 0.244 e. The Bertz CT molecular complexity index is 350. The molecule has 0 bridgehead atoms. The summed E-state index contributed by atoms with van der Waals surface area (Å²) in [4.78, 5) is 17.8. The predicted molar refractivity (Wildman–Crippen MR) is 58.7 cm³/mol. The van der Waals surface area contributed by atoms with Gasteiger partial charge in [0, 0.05) is 25.2 Å². The minimum absolute atomic E-state index is 0.103. The lowest BCUT2D eigenvalue weighted by molar-refractivity contribution is -0.135. The SMILES string of the molecule is CC1CN(C(=O)Cn2cncn2)C(C)CN1. The van der Waals surface area contributed by atoms with Gasteiger partial charge in [0.25, 0.3) is 0 Å². The number of hydrogen-bond acceptors (Lipinski definition) is 4. The van der Waals surface area contributed by atoms with E-state index in [1.165, 1.54) is 6.33 Å². The summed E-state index contributed by atoms with van der Waals surface area (Å²) >= 11 is 0. The van der Waals surface area contributed by atoms with Crippen molar-refractivity contribution in [3.05, 3.63) is 12.7 Å². The van der Waals surface area contributed by atoms with E-state index in [1.54, 1.807) is 11.0 Å². The fourth-order valence-electron chi connectivity index (χ4n) is 1.91. The van der Waals surface area contributed by atoms with Gasteiger partial charge in [-0.2, -0.15) is 5.10 Å². The second kappa shape index (κ2) is 4.61. The molecule has 1 aliphatic heterocycles. The summed E-state index contributed by atoms with van der Waals surface area (Å²) in [6.07, 6.45) is 3.01. The van der Waals surface area contributed by atoms with Crippen LogP contribution in [0.25, 0.3) is 0 Å². The van der Waals surface area contributed by atoms with Gasteiger partial charge in [0.2, 0.25) is 5.91 Å². The van der Waals surface area contributed by atoms with Gasteiger partial charge in [-0.3, -0.25) is 4.79 Å². The molecular formula is C10H17N5O. The van der Waals surface area contributed by atoms with Gasteiger partial charge in [0.05, 0.1) is 0 Å². The van der Waals surface area contributed by atoms with E-state index in [0.29, 0.717) is 6.04 Å². The Morgan fingerprint density at radius 1 is 1.56 bits per heavy atom. The average molecular weight is 223 g/mol. The van der Waals surface area contributed by atoms with Gasteiger partial charge < -0.3 is 10.2 Å². The third-order valence-corrected chi connectivity index (χ3v) is 2.85. The third kappa shape index (κ3) is 2.38. The molecule has 16 heavy (non-hydrogen) atoms. The van der Waals surface area contributed by atoms with Crippen molar-refractivity contribution >= 4 is 5.91 Å². The first kappa shape index (κ1) is 11.1. The Morgan fingerprint density at radius 2 is 2.38 bits per heavy atom. The molecule has 0 spiro atoms. The number of carbonyl (C=O) groups excluding carboxylic acids is 1. The first-order chi connectivity index (χ1) is 7.66. The molecule has 0 radical (unpaired) electrons. The molecule has 2 atom stereocenters. The lowest BCUT2D eigenvalue weighted by Gasteiger charge is -2.37. The topological polar surface area (TPSA) is 63.1 Å². The zero-order valence-corrected chi connectivity index (χ0v) is 9.63. The van der Waals surface area contributed by atoms with Gasteiger partial charge in [-0.25, -0.2) is 9.67 Å². The summed E-state index contributed by atoms with van der Waals surface area (Å²) in [5, 5.41) is 7.28. The van der Waals surface area contributed by atoms with Crippen LogP contribution in [0.1, 0.15) is 13.8 Å². The van der Waals surface area contributed by atoms with Crippen LogP contribution in [0.15, 0.2) is 12.7 Å². The predicted octanol–water partition coefficient (Wildman–Crippen LogP) is -0.513. The maximum absolute atomic E-state index is 12.0. The zero-order chi connectivity index (χ0) is 11.5. The van der Waals surface area contributed by atoms with Crippen molar-refractivity contribution < 1.29 is 4.79 Å². The van der Waals surface area contributed by atoms with Crippen LogP contribution >= 0.6 is 0 Å². The fraction of sp³-hybridized carbons (Fsp3) is 0.700. The largest absolute Gasteiger partial charge is 0.336 e. The van der Waals surface area contributed by atoms with Crippen molar-refractivity contribution in [2.45, 2.75) is 32.5 Å². The lowest BCUT2D eigenvalue weighted by Crippen LogP contribution is -2.56. The summed E-state index contributed by atoms with van der Waals surface area (Å²) in [6, 6.07) is 0.600. The second-order valence-electron chi connectivity index (χ2n) is 4.30. The van der Waals surface area contributed by atoms with Gasteiger partial charge in [-0.15, -0.1) is 0 Å². The average Bonchev–Trinajstić information content (AvgIpc) is 2.74. The maximum atomic E-state index is 12.0. The molecular weight excluding hydrogens is 206 g/mol. The normalized spacial score (nSPS) is 25.8. The van der Waals surface area contributed by atoms with Crippen molar-refractivity contribution in [3.63, 3.8) is 0 Å². The molecule has 1 N–H and O–H groups in total. The highest BCUT2D eigenvalue weighted by Gasteiger charge is 2.26. The summed E-state index contributed by atoms with van der Waals surface area (Å²) < 4.78 is 1.56. The summed E-state index contributed by atoms with van der Waals surface area (Å²) in [6.45, 7) is 6.02. The Labute approximate surface area is 94.6 Å². The minimum atomic E-state index is 0.103. The number of carbonyl (C=O) groups is 1. The third-order valence-electron chi connectivity index (χ3n) is 2.85. The number of nitrogens with one attached hydrogen (secondary N) is 1. The van der Waals surface area contributed by atoms with Crippen molar-refractivity contribution in [1.29, 1.82) is 0 Å². The zero-order valence-electron chi connectivity index (χ0n) is 9.63. The van der Waals surface area contributed by atoms with E-state index < -0.39 is 0 Å². The molecule has 1 aromatic heterocycles. The quantitative estimate of drug-likeness (QED) is 0.733. The van der Waals surface area contributed by atoms with E-state index in [9.17, 15) is 4.79 Å². The molecule has 1 aliphatic rings. The molecule has 6 heteroatoms. The number of hydrogen-bond donors (Lipinski definition) is 1. The number of piperazine rings is 1. The Hall–Kier alpha value is -1.43. The van der Waals surface area contributed by atoms with E-state index in [1.807, 2.05) is 4.90 Å². The standard InChI is InChI=1S/C10H17N5O/c1-8-4-15(9(2)3-12-8)10(16)5-14-7-11-6-13-14/h6-9,12H,3-5H2,1-2H3. The second-order valence-corrected chi connectivity index (χ2v) is 4.30. The summed E-state index contributed by atoms with van der Waals surface area (Å²) in [5.74, 6) is 0.103. The molecule has 88 valence electrons. The highest BCUT2D eigenvalue weighted by atomic mass is 16.2. The molecule has 1 saturated heterocycles. The summed E-state index contributed by atoms with van der Waals surface area (Å²) in [5.41, 5.74) is 0. The molecule has 1 aromatic rings. The first-order valence-corrected chi connectivity index (χ1v) is 5.52. The van der Waals surface area contributed by atoms with Crippen LogP contribution in [0.4, 0.5) is 0 Å². The van der Waals surface area contributed by atoms with Crippen LogP contribution in [-0.4, -0.2) is 50.7 Å². The molecule has 2 unspecified atom stereocenters. The van der Waals surface area contributed by atoms with Crippen LogP contribution in [0.5, 0.6) is 0 Å². The van der Waals surface area contributed by atoms with Crippen molar-refractivity contribution in [2.24, 2.45) is 0 Å². The highest BCUT2D eigenvalue weighted by molar-refractivity contribution is 5.76. The van der Waals surface area contributed by atoms with Crippen LogP contribution < -0.4 is 5.32 Å². The number of nitrogens with zero attached hydrogens (tertiary/aromatic N) is 4. The molecule has 6 nitrogen and oxygen atoms in total. The van der Waals surface area contributed by atoms with Crippen LogP contribution in [-0.2, 0) is 11.3 Å². The monoisotopic (exact) mass is 223 g/mol. The van der Waals surface area contributed by atoms with E-state index in [-0.39, 0.29) is 18.5 Å². The molecule has 0 saturated carbocycles. The highest BCUT2D eigenvalue weighted by Crippen LogP contribution is 2.07. The van der Waals surface area contributed by atoms with Crippen LogP contribution in [0.2, 0.25) is 0 Å². The van der Waals surface area contributed by atoms with Gasteiger partial charge >= 0.3 is 0 Å². The Morgan fingerprint density at radius 3 is 3.06 bits per heavy atom. The van der Waals surface area contributed by atoms with Crippen LogP contribution in [0.3, 0.4) is 0 Å². The smallest absolute Gasteiger partial charge is 0.244 e. The van der Waals surface area contributed by atoms with Crippen molar-refractivity contribution in [2.75, 3.05) is 13.1 Å². The molecule has 0 aromatic carbocycles. The van der Waals surface area contributed by atoms with Gasteiger partial charge in [0.1, 0.15) is 19.2 Å². The molecule has 2 rings (SSSR count). The first-order valence-electron chi connectivity index (χ1n) is 5.52. The molecule has 1 amide bonds.